The second kappa shape index (κ2) is 5.59. The first-order valence-electron chi connectivity index (χ1n) is 6.26. The zero-order chi connectivity index (χ0) is 14.7. The minimum Gasteiger partial charge on any atom is -0.384 e. The molecular formula is C11H17N7O2. The van der Waals surface area contributed by atoms with E-state index in [2.05, 4.69) is 20.6 Å². The Morgan fingerprint density at radius 2 is 2.35 bits per heavy atom. The van der Waals surface area contributed by atoms with Gasteiger partial charge >= 0.3 is 5.69 Å². The van der Waals surface area contributed by atoms with E-state index in [4.69, 9.17) is 5.73 Å². The minimum atomic E-state index is -0.404. The summed E-state index contributed by atoms with van der Waals surface area (Å²) in [6.07, 6.45) is 2.95. The molecule has 2 aromatic heterocycles. The largest absolute Gasteiger partial charge is 0.384 e. The van der Waals surface area contributed by atoms with Crippen molar-refractivity contribution in [1.82, 2.24) is 20.0 Å². The minimum absolute atomic E-state index is 0.0245. The summed E-state index contributed by atoms with van der Waals surface area (Å²) >= 11 is 0. The number of nitrogens with two attached hydrogens (primary N) is 1. The third-order valence-electron chi connectivity index (χ3n) is 2.96. The van der Waals surface area contributed by atoms with Gasteiger partial charge in [0.2, 0.25) is 5.82 Å². The van der Waals surface area contributed by atoms with Gasteiger partial charge in [-0.1, -0.05) is 13.3 Å². The number of aryl methyl sites for hydroxylation is 2. The van der Waals surface area contributed by atoms with E-state index in [-0.39, 0.29) is 5.69 Å². The van der Waals surface area contributed by atoms with Crippen LogP contribution in [0.2, 0.25) is 0 Å². The van der Waals surface area contributed by atoms with Crippen LogP contribution in [0.5, 0.6) is 0 Å². The molecule has 20 heavy (non-hydrogen) atoms. The third-order valence-corrected chi connectivity index (χ3v) is 2.96. The molecule has 2 rings (SSSR count). The number of rotatable bonds is 6. The van der Waals surface area contributed by atoms with Gasteiger partial charge in [0.15, 0.2) is 0 Å². The van der Waals surface area contributed by atoms with Crippen molar-refractivity contribution in [2.75, 3.05) is 11.1 Å². The fraction of sp³-hybridized carbons (Fsp3) is 0.455. The van der Waals surface area contributed by atoms with Crippen molar-refractivity contribution in [1.29, 1.82) is 0 Å². The smallest absolute Gasteiger partial charge is 0.334 e. The number of H-pyrrole nitrogens is 1. The Balaban J connectivity index is 2.26. The first kappa shape index (κ1) is 13.8. The highest BCUT2D eigenvalue weighted by Gasteiger charge is 2.25. The van der Waals surface area contributed by atoms with E-state index >= 15 is 0 Å². The third kappa shape index (κ3) is 2.56. The first-order chi connectivity index (χ1) is 9.54. The quantitative estimate of drug-likeness (QED) is 0.538. The molecule has 0 aromatic carbocycles. The van der Waals surface area contributed by atoms with Gasteiger partial charge in [-0.05, 0) is 6.42 Å². The van der Waals surface area contributed by atoms with Crippen molar-refractivity contribution in [3.05, 3.63) is 27.6 Å². The van der Waals surface area contributed by atoms with Gasteiger partial charge in [-0.3, -0.25) is 15.2 Å². The van der Waals surface area contributed by atoms with Crippen LogP contribution in [0.25, 0.3) is 0 Å². The molecule has 2 heterocycles. The van der Waals surface area contributed by atoms with Crippen LogP contribution in [0.3, 0.4) is 0 Å². The van der Waals surface area contributed by atoms with Crippen molar-refractivity contribution < 1.29 is 4.92 Å². The Morgan fingerprint density at radius 3 is 2.90 bits per heavy atom. The number of hydrogen-bond acceptors (Lipinski definition) is 6. The summed E-state index contributed by atoms with van der Waals surface area (Å²) in [6.45, 7) is 2.30. The zero-order valence-corrected chi connectivity index (χ0v) is 11.4. The van der Waals surface area contributed by atoms with Gasteiger partial charge in [-0.15, -0.1) is 0 Å². The maximum absolute atomic E-state index is 11.2. The molecule has 0 spiro atoms. The second-order valence-electron chi connectivity index (χ2n) is 4.44. The van der Waals surface area contributed by atoms with Gasteiger partial charge in [-0.2, -0.15) is 10.2 Å². The summed E-state index contributed by atoms with van der Waals surface area (Å²) in [7, 11) is 1.67. The lowest BCUT2D eigenvalue weighted by Crippen LogP contribution is -2.07. The Labute approximate surface area is 115 Å². The molecule has 0 aliphatic rings. The van der Waals surface area contributed by atoms with E-state index in [0.29, 0.717) is 30.3 Å². The van der Waals surface area contributed by atoms with Crippen LogP contribution >= 0.6 is 0 Å². The normalized spacial score (nSPS) is 10.7. The van der Waals surface area contributed by atoms with Crippen LogP contribution in [-0.2, 0) is 20.0 Å². The lowest BCUT2D eigenvalue weighted by Gasteiger charge is -2.05. The number of nitro groups is 1. The highest BCUT2D eigenvalue weighted by Crippen LogP contribution is 2.29. The molecule has 0 unspecified atom stereocenters. The number of hydrogen-bond donors (Lipinski definition) is 3. The molecule has 0 saturated carbocycles. The Hall–Kier alpha value is -2.58. The summed E-state index contributed by atoms with van der Waals surface area (Å²) in [5, 5.41) is 24.8. The van der Waals surface area contributed by atoms with Crippen molar-refractivity contribution in [3.63, 3.8) is 0 Å². The number of anilines is 2. The molecule has 9 nitrogen and oxygen atoms in total. The van der Waals surface area contributed by atoms with E-state index in [1.807, 2.05) is 6.92 Å². The molecule has 0 saturated heterocycles. The Bertz CT molecular complexity index is 616. The van der Waals surface area contributed by atoms with Gasteiger partial charge in [0.25, 0.3) is 0 Å². The highest BCUT2D eigenvalue weighted by atomic mass is 16.6. The van der Waals surface area contributed by atoms with Crippen molar-refractivity contribution in [2.45, 2.75) is 26.3 Å². The number of aromatic nitrogens is 4. The van der Waals surface area contributed by atoms with Gasteiger partial charge in [0.1, 0.15) is 11.5 Å². The van der Waals surface area contributed by atoms with E-state index in [1.54, 1.807) is 13.2 Å². The maximum atomic E-state index is 11.2. The average molecular weight is 279 g/mol. The summed E-state index contributed by atoms with van der Waals surface area (Å²) in [6, 6.07) is 0. The number of aromatic amines is 1. The molecule has 0 fully saturated rings. The van der Waals surface area contributed by atoms with Gasteiger partial charge < -0.3 is 11.1 Å². The molecule has 0 radical (unpaired) electrons. The molecule has 2 aromatic rings. The maximum Gasteiger partial charge on any atom is 0.334 e. The van der Waals surface area contributed by atoms with Crippen LogP contribution in [0.15, 0.2) is 6.20 Å². The predicted molar refractivity (Wildman–Crippen MR) is 74.2 cm³/mol. The summed E-state index contributed by atoms with van der Waals surface area (Å²) in [4.78, 5) is 10.8. The van der Waals surface area contributed by atoms with Gasteiger partial charge in [-0.25, -0.2) is 4.68 Å². The van der Waals surface area contributed by atoms with E-state index < -0.39 is 4.92 Å². The first-order valence-corrected chi connectivity index (χ1v) is 6.26. The SMILES string of the molecule is CCCc1nn(C)c(NCc2cn[nH]c2N)c1[N+](=O)[O-]. The monoisotopic (exact) mass is 279 g/mol. The van der Waals surface area contributed by atoms with Crippen molar-refractivity contribution >= 4 is 17.3 Å². The number of nitrogens with one attached hydrogen (secondary N) is 2. The Kier molecular flexibility index (Phi) is 3.87. The molecule has 0 aliphatic carbocycles. The lowest BCUT2D eigenvalue weighted by molar-refractivity contribution is -0.384. The van der Waals surface area contributed by atoms with Crippen LogP contribution in [0, 0.1) is 10.1 Å². The second-order valence-corrected chi connectivity index (χ2v) is 4.44. The van der Waals surface area contributed by atoms with E-state index in [1.165, 1.54) is 4.68 Å². The topological polar surface area (TPSA) is 128 Å². The van der Waals surface area contributed by atoms with E-state index in [9.17, 15) is 10.1 Å². The van der Waals surface area contributed by atoms with Crippen LogP contribution < -0.4 is 11.1 Å². The molecule has 108 valence electrons. The van der Waals surface area contributed by atoms with Crippen LogP contribution in [0.1, 0.15) is 24.6 Å². The summed E-state index contributed by atoms with van der Waals surface area (Å²) in [5.41, 5.74) is 6.94. The fourth-order valence-electron chi connectivity index (χ4n) is 2.00. The molecule has 0 aliphatic heterocycles. The lowest BCUT2D eigenvalue weighted by atomic mass is 10.2. The molecule has 9 heteroatoms. The highest BCUT2D eigenvalue weighted by molar-refractivity contribution is 5.60. The molecular weight excluding hydrogens is 262 g/mol. The fourth-order valence-corrected chi connectivity index (χ4v) is 2.00. The molecule has 0 amide bonds. The average Bonchev–Trinajstić information content (AvgIpc) is 2.91. The summed E-state index contributed by atoms with van der Waals surface area (Å²) < 4.78 is 1.49. The van der Waals surface area contributed by atoms with Crippen LogP contribution in [0.4, 0.5) is 17.3 Å². The van der Waals surface area contributed by atoms with Crippen molar-refractivity contribution in [2.24, 2.45) is 7.05 Å². The molecule has 0 bridgehead atoms. The number of nitrogen functional groups attached to an aromatic ring is 1. The number of nitrogens with zero attached hydrogens (tertiary/aromatic N) is 4. The zero-order valence-electron chi connectivity index (χ0n) is 11.4. The molecule has 4 N–H and O–H groups in total. The van der Waals surface area contributed by atoms with Crippen molar-refractivity contribution in [3.8, 4) is 0 Å². The standard InChI is InChI=1S/C11H17N7O2/c1-3-4-8-9(18(19)20)11(17(2)16-8)13-5-7-6-14-15-10(7)12/h6,13H,3-5H2,1-2H3,(H3,12,14,15). The predicted octanol–water partition coefficient (Wildman–Crippen LogP) is 1.20. The summed E-state index contributed by atoms with van der Waals surface area (Å²) in [5.74, 6) is 0.815. The van der Waals surface area contributed by atoms with E-state index in [0.717, 1.165) is 12.0 Å². The molecule has 0 atom stereocenters. The van der Waals surface area contributed by atoms with Crippen LogP contribution in [-0.4, -0.2) is 24.9 Å². The Morgan fingerprint density at radius 1 is 1.60 bits per heavy atom. The van der Waals surface area contributed by atoms with Gasteiger partial charge in [0, 0.05) is 19.2 Å². The van der Waals surface area contributed by atoms with Gasteiger partial charge in [0.05, 0.1) is 11.1 Å².